The van der Waals surface area contributed by atoms with E-state index in [4.69, 9.17) is 9.47 Å². The average Bonchev–Trinajstić information content (AvgIpc) is 2.62. The van der Waals surface area contributed by atoms with Crippen molar-refractivity contribution < 1.29 is 19.1 Å². The second-order valence-electron chi connectivity index (χ2n) is 7.11. The van der Waals surface area contributed by atoms with Crippen molar-refractivity contribution in [1.29, 1.82) is 0 Å². The summed E-state index contributed by atoms with van der Waals surface area (Å²) in [5.41, 5.74) is 0.197. The van der Waals surface area contributed by atoms with Crippen molar-refractivity contribution >= 4 is 12.1 Å². The smallest absolute Gasteiger partial charge is 0.418 e. The molecule has 0 heterocycles. The average molecular weight is 374 g/mol. The van der Waals surface area contributed by atoms with E-state index >= 15 is 0 Å². The Morgan fingerprint density at radius 3 is 2.22 bits per heavy atom. The van der Waals surface area contributed by atoms with Crippen molar-refractivity contribution in [2.45, 2.75) is 45.9 Å². The Labute approximate surface area is 162 Å². The lowest BCUT2D eigenvalue weighted by Crippen LogP contribution is -2.50. The topological polar surface area (TPSA) is 59.1 Å². The molecule has 0 aliphatic rings. The molecule has 0 radical (unpaired) electrons. The molecule has 1 aromatic rings. The molecule has 1 rings (SSSR count). The van der Waals surface area contributed by atoms with Gasteiger partial charge in [0.05, 0.1) is 13.7 Å². The van der Waals surface area contributed by atoms with E-state index in [1.54, 1.807) is 38.9 Å². The maximum absolute atomic E-state index is 13.1. The number of nitrogens with zero attached hydrogens (tertiary/aromatic N) is 2. The number of hydrogen-bond acceptors (Lipinski definition) is 4. The number of ether oxygens (including phenoxy) is 2. The predicted molar refractivity (Wildman–Crippen MR) is 107 cm³/mol. The van der Waals surface area contributed by atoms with Crippen molar-refractivity contribution in [2.75, 3.05) is 13.7 Å². The first-order valence-electron chi connectivity index (χ1n) is 8.80. The van der Waals surface area contributed by atoms with Crippen molar-refractivity contribution in [1.82, 2.24) is 9.80 Å². The van der Waals surface area contributed by atoms with Crippen LogP contribution in [-0.4, -0.2) is 47.2 Å². The summed E-state index contributed by atoms with van der Waals surface area (Å²) in [7, 11) is 1.60. The van der Waals surface area contributed by atoms with Crippen LogP contribution in [0.4, 0.5) is 9.59 Å². The van der Waals surface area contributed by atoms with E-state index < -0.39 is 17.7 Å². The summed E-state index contributed by atoms with van der Waals surface area (Å²) in [6.07, 6.45) is 2.44. The zero-order valence-corrected chi connectivity index (χ0v) is 16.9. The van der Waals surface area contributed by atoms with Gasteiger partial charge in [-0.1, -0.05) is 24.3 Å². The Hall–Kier alpha value is -2.76. The standard InChI is InChI=1S/C21H30N2O4/c1-8-14-22(20(25)27-21(4,5)6)19(24)23(16(3)9-2)15-17-10-12-18(26-7)13-11-17/h8-13,16H,1-2,14-15H2,3-7H3/t16-/m0/s1. The zero-order chi connectivity index (χ0) is 20.6. The van der Waals surface area contributed by atoms with E-state index in [9.17, 15) is 9.59 Å². The van der Waals surface area contributed by atoms with Gasteiger partial charge in [0.2, 0.25) is 0 Å². The van der Waals surface area contributed by atoms with Crippen molar-refractivity contribution in [3.8, 4) is 5.75 Å². The SMILES string of the molecule is C=CCN(C(=O)OC(C)(C)C)C(=O)N(Cc1ccc(OC)cc1)[C@@H](C)C=C. The molecule has 1 aromatic carbocycles. The van der Waals surface area contributed by atoms with E-state index in [1.165, 1.54) is 6.08 Å². The highest BCUT2D eigenvalue weighted by molar-refractivity contribution is 5.91. The molecule has 0 saturated heterocycles. The van der Waals surface area contributed by atoms with Gasteiger partial charge >= 0.3 is 12.1 Å². The van der Waals surface area contributed by atoms with Crippen molar-refractivity contribution in [2.24, 2.45) is 0 Å². The number of carbonyl (C=O) groups excluding carboxylic acids is 2. The molecular weight excluding hydrogens is 344 g/mol. The zero-order valence-electron chi connectivity index (χ0n) is 16.9. The van der Waals surface area contributed by atoms with Gasteiger partial charge in [0.1, 0.15) is 11.4 Å². The van der Waals surface area contributed by atoms with Crippen molar-refractivity contribution in [3.63, 3.8) is 0 Å². The molecule has 0 aromatic heterocycles. The lowest BCUT2D eigenvalue weighted by Gasteiger charge is -2.33. The molecule has 0 N–H and O–H groups in total. The van der Waals surface area contributed by atoms with Crippen LogP contribution in [0.5, 0.6) is 5.75 Å². The highest BCUT2D eigenvalue weighted by Gasteiger charge is 2.31. The van der Waals surface area contributed by atoms with Crippen LogP contribution in [-0.2, 0) is 11.3 Å². The minimum Gasteiger partial charge on any atom is -0.497 e. The summed E-state index contributed by atoms with van der Waals surface area (Å²) in [6, 6.07) is 6.65. The Balaban J connectivity index is 3.09. The van der Waals surface area contributed by atoms with Crippen LogP contribution >= 0.6 is 0 Å². The maximum Gasteiger partial charge on any atom is 0.418 e. The lowest BCUT2D eigenvalue weighted by molar-refractivity contribution is 0.0295. The molecule has 0 unspecified atom stereocenters. The first-order valence-corrected chi connectivity index (χ1v) is 8.80. The molecule has 6 nitrogen and oxygen atoms in total. The van der Waals surface area contributed by atoms with Gasteiger partial charge in [-0.25, -0.2) is 14.5 Å². The molecule has 0 aliphatic carbocycles. The number of urea groups is 1. The van der Waals surface area contributed by atoms with Crippen LogP contribution in [0.15, 0.2) is 49.6 Å². The minimum absolute atomic E-state index is 0.0523. The van der Waals surface area contributed by atoms with Crippen LogP contribution in [0.25, 0.3) is 0 Å². The van der Waals surface area contributed by atoms with Gasteiger partial charge in [0, 0.05) is 12.6 Å². The molecule has 27 heavy (non-hydrogen) atoms. The number of hydrogen-bond donors (Lipinski definition) is 0. The van der Waals surface area contributed by atoms with Gasteiger partial charge < -0.3 is 14.4 Å². The normalized spacial score (nSPS) is 11.9. The molecule has 0 fully saturated rings. The number of benzene rings is 1. The molecule has 0 saturated carbocycles. The fourth-order valence-electron chi connectivity index (χ4n) is 2.27. The number of rotatable bonds is 7. The summed E-state index contributed by atoms with van der Waals surface area (Å²) < 4.78 is 10.5. The first-order chi connectivity index (χ1) is 12.6. The number of methoxy groups -OCH3 is 1. The van der Waals surface area contributed by atoms with Crippen LogP contribution in [0.1, 0.15) is 33.3 Å². The number of carbonyl (C=O) groups is 2. The van der Waals surface area contributed by atoms with Crippen molar-refractivity contribution in [3.05, 3.63) is 55.1 Å². The van der Waals surface area contributed by atoms with Crippen LogP contribution in [0.3, 0.4) is 0 Å². The molecule has 0 bridgehead atoms. The van der Waals surface area contributed by atoms with E-state index in [0.717, 1.165) is 16.2 Å². The largest absolute Gasteiger partial charge is 0.497 e. The summed E-state index contributed by atoms with van der Waals surface area (Å²) in [4.78, 5) is 28.2. The van der Waals surface area contributed by atoms with Gasteiger partial charge in [-0.05, 0) is 45.4 Å². The second-order valence-corrected chi connectivity index (χ2v) is 7.11. The number of amides is 3. The highest BCUT2D eigenvalue weighted by atomic mass is 16.6. The van der Waals surface area contributed by atoms with Crippen LogP contribution < -0.4 is 4.74 Å². The van der Waals surface area contributed by atoms with E-state index in [1.807, 2.05) is 31.2 Å². The van der Waals surface area contributed by atoms with Gasteiger partial charge in [-0.2, -0.15) is 0 Å². The van der Waals surface area contributed by atoms with Gasteiger partial charge in [-0.15, -0.1) is 13.2 Å². The molecule has 6 heteroatoms. The quantitative estimate of drug-likeness (QED) is 0.654. The molecular formula is C21H30N2O4. The van der Waals surface area contributed by atoms with E-state index in [2.05, 4.69) is 13.2 Å². The predicted octanol–water partition coefficient (Wildman–Crippen LogP) is 4.61. The lowest BCUT2D eigenvalue weighted by atomic mass is 10.1. The van der Waals surface area contributed by atoms with Crippen LogP contribution in [0.2, 0.25) is 0 Å². The molecule has 3 amide bonds. The summed E-state index contributed by atoms with van der Waals surface area (Å²) in [5.74, 6) is 0.732. The van der Waals surface area contributed by atoms with Gasteiger partial charge in [-0.3, -0.25) is 0 Å². The summed E-state index contributed by atoms with van der Waals surface area (Å²) in [6.45, 7) is 14.9. The minimum atomic E-state index is -0.707. The summed E-state index contributed by atoms with van der Waals surface area (Å²) in [5, 5.41) is 0. The second kappa shape index (κ2) is 9.80. The maximum atomic E-state index is 13.1. The first kappa shape index (κ1) is 22.3. The van der Waals surface area contributed by atoms with Gasteiger partial charge in [0.15, 0.2) is 0 Å². The molecule has 0 aliphatic heterocycles. The molecule has 0 spiro atoms. The monoisotopic (exact) mass is 374 g/mol. The fraction of sp³-hybridized carbons (Fsp3) is 0.429. The van der Waals surface area contributed by atoms with E-state index in [0.29, 0.717) is 6.54 Å². The van der Waals surface area contributed by atoms with Crippen LogP contribution in [0, 0.1) is 0 Å². The fourth-order valence-corrected chi connectivity index (χ4v) is 2.27. The molecule has 1 atom stereocenters. The molecule has 148 valence electrons. The third-order valence-corrected chi connectivity index (χ3v) is 3.75. The third kappa shape index (κ3) is 6.81. The Kier molecular flexibility index (Phi) is 8.09. The Morgan fingerprint density at radius 1 is 1.19 bits per heavy atom. The third-order valence-electron chi connectivity index (χ3n) is 3.75. The van der Waals surface area contributed by atoms with Gasteiger partial charge in [0.25, 0.3) is 0 Å². The highest BCUT2D eigenvalue weighted by Crippen LogP contribution is 2.18. The number of imide groups is 1. The van der Waals surface area contributed by atoms with E-state index in [-0.39, 0.29) is 12.6 Å². The Bertz CT molecular complexity index is 662. The Morgan fingerprint density at radius 2 is 1.78 bits per heavy atom. The summed E-state index contributed by atoms with van der Waals surface area (Å²) >= 11 is 0.